The van der Waals surface area contributed by atoms with Crippen molar-refractivity contribution >= 4 is 11.9 Å². The predicted octanol–water partition coefficient (Wildman–Crippen LogP) is 7.27. The highest BCUT2D eigenvalue weighted by Crippen LogP contribution is 2.39. The Kier molecular flexibility index (Phi) is 13.2. The lowest BCUT2D eigenvalue weighted by molar-refractivity contribution is -0.142. The van der Waals surface area contributed by atoms with Crippen LogP contribution in [-0.2, 0) is 46.9 Å². The van der Waals surface area contributed by atoms with Gasteiger partial charge in [-0.25, -0.2) is 4.79 Å². The molecular weight excluding hydrogens is 682 g/mol. The van der Waals surface area contributed by atoms with Crippen LogP contribution in [0.25, 0.3) is 11.1 Å². The van der Waals surface area contributed by atoms with Gasteiger partial charge in [0.25, 0.3) is 0 Å². The number of carbonyl (C=O) groups is 2. The molecule has 0 amide bonds. The average molecular weight is 736 g/mol. The van der Waals surface area contributed by atoms with Gasteiger partial charge in [-0.1, -0.05) is 37.3 Å². The summed E-state index contributed by atoms with van der Waals surface area (Å²) in [5, 5.41) is 0. The zero-order chi connectivity index (χ0) is 38.0. The maximum atomic E-state index is 12.2. The number of likely N-dealkylation sites (tertiary alicyclic amines) is 1. The fourth-order valence-corrected chi connectivity index (χ4v) is 7.63. The third-order valence-electron chi connectivity index (χ3n) is 10.7. The molecule has 0 unspecified atom stereocenters. The molecule has 0 saturated carbocycles. The van der Waals surface area contributed by atoms with Crippen molar-refractivity contribution in [2.75, 3.05) is 53.6 Å². The highest BCUT2D eigenvalue weighted by Gasteiger charge is 2.27. The minimum atomic E-state index is -0.456. The molecule has 10 nitrogen and oxygen atoms in total. The van der Waals surface area contributed by atoms with Crippen LogP contribution in [0.2, 0.25) is 0 Å². The summed E-state index contributed by atoms with van der Waals surface area (Å²) in [6, 6.07) is 16.4. The van der Waals surface area contributed by atoms with Gasteiger partial charge in [-0.3, -0.25) is 14.7 Å². The Morgan fingerprint density at radius 1 is 0.778 bits per heavy atom. The van der Waals surface area contributed by atoms with Crippen molar-refractivity contribution in [3.05, 3.63) is 105 Å². The maximum absolute atomic E-state index is 12.2. The molecule has 0 spiro atoms. The molecule has 0 aliphatic carbocycles. The molecule has 6 rings (SSSR count). The molecule has 0 N–H and O–H groups in total. The van der Waals surface area contributed by atoms with Crippen molar-refractivity contribution in [1.29, 1.82) is 0 Å². The molecule has 54 heavy (non-hydrogen) atoms. The molecule has 0 radical (unpaired) electrons. The number of nitrogens with zero attached hydrogens (tertiary/aromatic N) is 3. The molecule has 4 aromatic rings. The van der Waals surface area contributed by atoms with E-state index in [1.165, 1.54) is 51.9 Å². The molecule has 0 atom stereocenters. The summed E-state index contributed by atoms with van der Waals surface area (Å²) < 4.78 is 29.3. The van der Waals surface area contributed by atoms with Gasteiger partial charge in [0.1, 0.15) is 30.5 Å². The first kappa shape index (κ1) is 38.8. The molecular formula is C44H53N3O7. The number of methoxy groups -OCH3 is 2. The van der Waals surface area contributed by atoms with E-state index in [0.717, 1.165) is 81.8 Å². The lowest BCUT2D eigenvalue weighted by Gasteiger charge is -2.31. The van der Waals surface area contributed by atoms with Crippen LogP contribution in [0.1, 0.15) is 75.5 Å². The number of carbonyl (C=O) groups excluding carboxylic acids is 2. The van der Waals surface area contributed by atoms with Crippen molar-refractivity contribution in [2.45, 2.75) is 72.6 Å². The number of ether oxygens (including phenoxy) is 5. The van der Waals surface area contributed by atoms with Crippen molar-refractivity contribution < 1.29 is 33.3 Å². The number of rotatable bonds is 16. The number of aromatic nitrogens is 1. The summed E-state index contributed by atoms with van der Waals surface area (Å²) >= 11 is 0. The largest absolute Gasteiger partial charge is 0.493 e. The predicted molar refractivity (Wildman–Crippen MR) is 208 cm³/mol. The molecule has 3 heterocycles. The van der Waals surface area contributed by atoms with Gasteiger partial charge in [-0.2, -0.15) is 0 Å². The van der Waals surface area contributed by atoms with E-state index in [9.17, 15) is 9.59 Å². The zero-order valence-electron chi connectivity index (χ0n) is 32.4. The van der Waals surface area contributed by atoms with Gasteiger partial charge in [-0.15, -0.1) is 0 Å². The minimum Gasteiger partial charge on any atom is -0.493 e. The summed E-state index contributed by atoms with van der Waals surface area (Å²) in [6.45, 7) is 12.7. The molecule has 286 valence electrons. The maximum Gasteiger partial charge on any atom is 0.339 e. The standard InChI is InChI=1S/C44H53N3O7/c1-6-35-38-16-20-47(27-43(48)50-4)26-39(38)42(53-28-32-22-34(25-45-24-32)44(49)51-5)23-41(35)54-29-33-12-9-13-36(30(33)2)37-14-10-15-40(31(37)3)52-21-11-19-46-17-7-8-18-46/h9-10,12-15,22-25H,6-8,11,16-21,26-29H2,1-5H3. The van der Waals surface area contributed by atoms with Gasteiger partial charge in [0.2, 0.25) is 0 Å². The number of hydrogen-bond acceptors (Lipinski definition) is 10. The Bertz CT molecular complexity index is 1940. The first-order valence-corrected chi connectivity index (χ1v) is 19.1. The smallest absolute Gasteiger partial charge is 0.339 e. The molecule has 3 aromatic carbocycles. The lowest BCUT2D eigenvalue weighted by Crippen LogP contribution is -2.36. The quantitative estimate of drug-likeness (QED) is 0.0864. The summed E-state index contributed by atoms with van der Waals surface area (Å²) in [7, 11) is 2.75. The van der Waals surface area contributed by atoms with Crippen LogP contribution >= 0.6 is 0 Å². The van der Waals surface area contributed by atoms with Gasteiger partial charge in [0, 0.05) is 49.2 Å². The Morgan fingerprint density at radius 3 is 2.30 bits per heavy atom. The SMILES string of the molecule is CCc1c(OCc2cccc(-c3cccc(OCCCN4CCCC4)c3C)c2C)cc(OCc2cncc(C(=O)OC)c2)c2c1CCN(CC(=O)OC)C2. The summed E-state index contributed by atoms with van der Waals surface area (Å²) in [5.41, 5.74) is 10.2. The van der Waals surface area contributed by atoms with E-state index < -0.39 is 5.97 Å². The summed E-state index contributed by atoms with van der Waals surface area (Å²) in [6.07, 6.45) is 8.31. The van der Waals surface area contributed by atoms with Crippen LogP contribution in [-0.4, -0.2) is 80.3 Å². The van der Waals surface area contributed by atoms with Crippen LogP contribution < -0.4 is 14.2 Å². The highest BCUT2D eigenvalue weighted by molar-refractivity contribution is 5.89. The monoisotopic (exact) mass is 735 g/mol. The summed E-state index contributed by atoms with van der Waals surface area (Å²) in [5.74, 6) is 1.65. The van der Waals surface area contributed by atoms with E-state index in [2.05, 4.69) is 72.0 Å². The van der Waals surface area contributed by atoms with Gasteiger partial charge in [0.15, 0.2) is 0 Å². The third-order valence-corrected chi connectivity index (χ3v) is 10.7. The molecule has 1 fully saturated rings. The van der Waals surface area contributed by atoms with E-state index in [0.29, 0.717) is 37.6 Å². The van der Waals surface area contributed by atoms with Gasteiger partial charge >= 0.3 is 11.9 Å². The number of esters is 2. The van der Waals surface area contributed by atoms with Gasteiger partial charge in [0.05, 0.1) is 32.9 Å². The van der Waals surface area contributed by atoms with Crippen LogP contribution in [0.3, 0.4) is 0 Å². The van der Waals surface area contributed by atoms with E-state index in [-0.39, 0.29) is 19.1 Å². The third kappa shape index (κ3) is 9.22. The topological polar surface area (TPSA) is 99.7 Å². The fraction of sp³-hybridized carbons (Fsp3) is 0.432. The molecule has 2 aliphatic rings. The van der Waals surface area contributed by atoms with E-state index in [1.807, 2.05) is 6.07 Å². The Labute approximate surface area is 319 Å². The molecule has 2 aliphatic heterocycles. The van der Waals surface area contributed by atoms with E-state index in [1.54, 1.807) is 12.3 Å². The van der Waals surface area contributed by atoms with E-state index >= 15 is 0 Å². The van der Waals surface area contributed by atoms with Gasteiger partial charge < -0.3 is 28.6 Å². The second-order valence-corrected chi connectivity index (χ2v) is 14.1. The first-order valence-electron chi connectivity index (χ1n) is 19.1. The van der Waals surface area contributed by atoms with Crippen LogP contribution in [0.4, 0.5) is 0 Å². The Balaban J connectivity index is 1.23. The van der Waals surface area contributed by atoms with Crippen molar-refractivity contribution in [1.82, 2.24) is 14.8 Å². The van der Waals surface area contributed by atoms with Crippen LogP contribution in [0.5, 0.6) is 17.2 Å². The second kappa shape index (κ2) is 18.4. The van der Waals surface area contributed by atoms with Crippen LogP contribution in [0.15, 0.2) is 60.9 Å². The Morgan fingerprint density at radius 2 is 1.54 bits per heavy atom. The minimum absolute atomic E-state index is 0.188. The summed E-state index contributed by atoms with van der Waals surface area (Å²) in [4.78, 5) is 33.2. The zero-order valence-corrected chi connectivity index (χ0v) is 32.4. The normalized spacial score (nSPS) is 14.4. The molecule has 10 heteroatoms. The van der Waals surface area contributed by atoms with Crippen molar-refractivity contribution in [3.63, 3.8) is 0 Å². The highest BCUT2D eigenvalue weighted by atomic mass is 16.5. The Hall–Kier alpha value is -4.93. The second-order valence-electron chi connectivity index (χ2n) is 14.1. The number of fused-ring (bicyclic) bond motifs is 1. The first-order chi connectivity index (χ1) is 26.3. The fourth-order valence-electron chi connectivity index (χ4n) is 7.63. The van der Waals surface area contributed by atoms with Gasteiger partial charge in [-0.05, 0) is 110 Å². The van der Waals surface area contributed by atoms with Crippen molar-refractivity contribution in [3.8, 4) is 28.4 Å². The number of benzene rings is 3. The number of hydrogen-bond donors (Lipinski definition) is 0. The lowest BCUT2D eigenvalue weighted by atomic mass is 9.91. The molecule has 1 aromatic heterocycles. The van der Waals surface area contributed by atoms with Crippen LogP contribution in [0, 0.1) is 13.8 Å². The average Bonchev–Trinajstić information content (AvgIpc) is 3.72. The van der Waals surface area contributed by atoms with Crippen molar-refractivity contribution in [2.24, 2.45) is 0 Å². The number of pyridine rings is 1. The molecule has 0 bridgehead atoms. The van der Waals surface area contributed by atoms with E-state index in [4.69, 9.17) is 23.7 Å². The molecule has 1 saturated heterocycles.